The Balaban J connectivity index is 1.52. The molecule has 2 aromatic rings. The molecule has 1 unspecified atom stereocenters. The van der Waals surface area contributed by atoms with Gasteiger partial charge in [0, 0.05) is 31.9 Å². The number of hydrogen-bond donors (Lipinski definition) is 1. The van der Waals surface area contributed by atoms with Crippen LogP contribution in [-0.4, -0.2) is 53.8 Å². The maximum Gasteiger partial charge on any atom is 0.264 e. The lowest BCUT2D eigenvalue weighted by Crippen LogP contribution is -2.53. The van der Waals surface area contributed by atoms with Crippen molar-refractivity contribution in [2.24, 2.45) is 0 Å². The van der Waals surface area contributed by atoms with E-state index in [2.05, 4.69) is 10.2 Å². The van der Waals surface area contributed by atoms with Crippen LogP contribution in [0.3, 0.4) is 0 Å². The largest absolute Gasteiger partial charge is 0.335 e. The first-order valence-corrected chi connectivity index (χ1v) is 8.96. The molecule has 0 aliphatic carbocycles. The van der Waals surface area contributed by atoms with Crippen molar-refractivity contribution in [2.75, 3.05) is 31.5 Å². The fourth-order valence-corrected chi connectivity index (χ4v) is 3.49. The summed E-state index contributed by atoms with van der Waals surface area (Å²) in [6.07, 6.45) is 0. The number of amides is 2. The molecule has 1 aromatic heterocycles. The minimum absolute atomic E-state index is 0.0146. The van der Waals surface area contributed by atoms with E-state index in [0.717, 1.165) is 10.6 Å². The molecule has 6 heteroatoms. The summed E-state index contributed by atoms with van der Waals surface area (Å²) < 4.78 is 0. The zero-order valence-electron chi connectivity index (χ0n) is 13.6. The fraction of sp³-hybridized carbons (Fsp3) is 0.333. The van der Waals surface area contributed by atoms with Crippen molar-refractivity contribution >= 4 is 28.8 Å². The van der Waals surface area contributed by atoms with Crippen LogP contribution in [0.25, 0.3) is 0 Å². The third-order valence-corrected chi connectivity index (χ3v) is 5.16. The Kier molecular flexibility index (Phi) is 5.27. The lowest BCUT2D eigenvalue weighted by Gasteiger charge is -2.37. The van der Waals surface area contributed by atoms with Gasteiger partial charge in [0.05, 0.1) is 10.9 Å². The molecule has 5 nitrogen and oxygen atoms in total. The van der Waals surface area contributed by atoms with Gasteiger partial charge >= 0.3 is 0 Å². The Labute approximate surface area is 145 Å². The van der Waals surface area contributed by atoms with E-state index in [4.69, 9.17) is 0 Å². The number of carbonyl (C=O) groups is 2. The summed E-state index contributed by atoms with van der Waals surface area (Å²) in [6, 6.07) is 13.0. The van der Waals surface area contributed by atoms with Gasteiger partial charge < -0.3 is 10.2 Å². The second kappa shape index (κ2) is 7.59. The highest BCUT2D eigenvalue weighted by atomic mass is 32.1. The summed E-state index contributed by atoms with van der Waals surface area (Å²) in [5.74, 6) is 0.0743. The van der Waals surface area contributed by atoms with Gasteiger partial charge in [-0.25, -0.2) is 0 Å². The summed E-state index contributed by atoms with van der Waals surface area (Å²) in [5, 5.41) is 4.85. The maximum atomic E-state index is 12.4. The van der Waals surface area contributed by atoms with E-state index in [0.29, 0.717) is 26.2 Å². The maximum absolute atomic E-state index is 12.4. The van der Waals surface area contributed by atoms with Crippen LogP contribution in [0.1, 0.15) is 16.6 Å². The molecule has 1 aromatic carbocycles. The molecule has 1 N–H and O–H groups in total. The van der Waals surface area contributed by atoms with Crippen molar-refractivity contribution in [3.8, 4) is 0 Å². The molecule has 1 atom stereocenters. The molecule has 24 heavy (non-hydrogen) atoms. The summed E-state index contributed by atoms with van der Waals surface area (Å²) in [5.41, 5.74) is 0.806. The van der Waals surface area contributed by atoms with E-state index in [1.807, 2.05) is 59.7 Å². The minimum Gasteiger partial charge on any atom is -0.335 e. The van der Waals surface area contributed by atoms with Gasteiger partial charge in [-0.15, -0.1) is 11.3 Å². The van der Waals surface area contributed by atoms with Gasteiger partial charge in [0.25, 0.3) is 5.91 Å². The highest BCUT2D eigenvalue weighted by Crippen LogP contribution is 2.15. The van der Waals surface area contributed by atoms with Crippen molar-refractivity contribution in [1.82, 2.24) is 9.80 Å². The summed E-state index contributed by atoms with van der Waals surface area (Å²) in [4.78, 5) is 29.5. The second-order valence-electron chi connectivity index (χ2n) is 5.84. The molecule has 1 aliphatic rings. The Hall–Kier alpha value is -2.18. The average Bonchev–Trinajstić information content (AvgIpc) is 3.16. The van der Waals surface area contributed by atoms with Gasteiger partial charge in [-0.05, 0) is 30.5 Å². The Morgan fingerprint density at radius 1 is 1.04 bits per heavy atom. The minimum atomic E-state index is -0.218. The molecular formula is C18H21N3O2S. The highest BCUT2D eigenvalue weighted by molar-refractivity contribution is 7.12. The molecule has 0 saturated carbocycles. The van der Waals surface area contributed by atoms with E-state index in [1.54, 1.807) is 0 Å². The van der Waals surface area contributed by atoms with Crippen LogP contribution in [0.5, 0.6) is 0 Å². The zero-order chi connectivity index (χ0) is 16.9. The standard InChI is InChI=1S/C18H21N3O2S/c1-14(17(22)19-15-6-3-2-4-7-15)20-9-11-21(12-10-20)18(23)16-8-5-13-24-16/h2-8,13-14H,9-12H2,1H3,(H,19,22). The Morgan fingerprint density at radius 3 is 2.38 bits per heavy atom. The average molecular weight is 343 g/mol. The monoisotopic (exact) mass is 343 g/mol. The number of rotatable bonds is 4. The molecule has 1 saturated heterocycles. The smallest absolute Gasteiger partial charge is 0.264 e. The fourth-order valence-electron chi connectivity index (χ4n) is 2.80. The van der Waals surface area contributed by atoms with E-state index < -0.39 is 0 Å². The van der Waals surface area contributed by atoms with Crippen molar-refractivity contribution in [3.05, 3.63) is 52.7 Å². The van der Waals surface area contributed by atoms with Gasteiger partial charge in [0.1, 0.15) is 0 Å². The molecule has 0 radical (unpaired) electrons. The van der Waals surface area contributed by atoms with Gasteiger partial charge in [-0.2, -0.15) is 0 Å². The van der Waals surface area contributed by atoms with Crippen LogP contribution in [0.2, 0.25) is 0 Å². The van der Waals surface area contributed by atoms with Crippen LogP contribution in [0.4, 0.5) is 5.69 Å². The summed E-state index contributed by atoms with van der Waals surface area (Å²) >= 11 is 1.47. The molecule has 3 rings (SSSR count). The van der Waals surface area contributed by atoms with Crippen LogP contribution in [0, 0.1) is 0 Å². The number of piperazine rings is 1. The normalized spacial score (nSPS) is 16.6. The Morgan fingerprint density at radius 2 is 1.75 bits per heavy atom. The van der Waals surface area contributed by atoms with Crippen LogP contribution in [0.15, 0.2) is 47.8 Å². The van der Waals surface area contributed by atoms with Crippen LogP contribution >= 0.6 is 11.3 Å². The van der Waals surface area contributed by atoms with Crippen molar-refractivity contribution in [2.45, 2.75) is 13.0 Å². The third-order valence-electron chi connectivity index (χ3n) is 4.30. The predicted molar refractivity (Wildman–Crippen MR) is 96.3 cm³/mol. The number of benzene rings is 1. The quantitative estimate of drug-likeness (QED) is 0.928. The predicted octanol–water partition coefficient (Wildman–Crippen LogP) is 2.53. The van der Waals surface area contributed by atoms with Crippen molar-refractivity contribution < 1.29 is 9.59 Å². The molecule has 1 aliphatic heterocycles. The van der Waals surface area contributed by atoms with Gasteiger partial charge in [-0.3, -0.25) is 14.5 Å². The first kappa shape index (κ1) is 16.7. The molecule has 0 bridgehead atoms. The molecular weight excluding hydrogens is 322 g/mol. The van der Waals surface area contributed by atoms with Gasteiger partial charge in [0.2, 0.25) is 5.91 Å². The van der Waals surface area contributed by atoms with E-state index in [-0.39, 0.29) is 17.9 Å². The first-order chi connectivity index (χ1) is 11.6. The molecule has 126 valence electrons. The van der Waals surface area contributed by atoms with Gasteiger partial charge in [-0.1, -0.05) is 24.3 Å². The van der Waals surface area contributed by atoms with Crippen molar-refractivity contribution in [3.63, 3.8) is 0 Å². The lowest BCUT2D eigenvalue weighted by atomic mass is 10.2. The molecule has 2 amide bonds. The van der Waals surface area contributed by atoms with Crippen LogP contribution < -0.4 is 5.32 Å². The van der Waals surface area contributed by atoms with Crippen LogP contribution in [-0.2, 0) is 4.79 Å². The molecule has 2 heterocycles. The van der Waals surface area contributed by atoms with E-state index in [9.17, 15) is 9.59 Å². The number of hydrogen-bond acceptors (Lipinski definition) is 4. The van der Waals surface area contributed by atoms with Gasteiger partial charge in [0.15, 0.2) is 0 Å². The summed E-state index contributed by atoms with van der Waals surface area (Å²) in [6.45, 7) is 4.63. The molecule has 0 spiro atoms. The highest BCUT2D eigenvalue weighted by Gasteiger charge is 2.28. The lowest BCUT2D eigenvalue weighted by molar-refractivity contribution is -0.121. The number of carbonyl (C=O) groups excluding carboxylic acids is 2. The number of para-hydroxylation sites is 1. The number of thiophene rings is 1. The number of anilines is 1. The zero-order valence-corrected chi connectivity index (χ0v) is 14.5. The SMILES string of the molecule is CC(C(=O)Nc1ccccc1)N1CCN(C(=O)c2cccs2)CC1. The number of nitrogens with zero attached hydrogens (tertiary/aromatic N) is 2. The molecule has 1 fully saturated rings. The first-order valence-electron chi connectivity index (χ1n) is 8.08. The summed E-state index contributed by atoms with van der Waals surface area (Å²) in [7, 11) is 0. The Bertz CT molecular complexity index is 680. The topological polar surface area (TPSA) is 52.7 Å². The second-order valence-corrected chi connectivity index (χ2v) is 6.78. The van der Waals surface area contributed by atoms with Crippen molar-refractivity contribution in [1.29, 1.82) is 0 Å². The van der Waals surface area contributed by atoms with E-state index >= 15 is 0 Å². The number of nitrogens with one attached hydrogen (secondary N) is 1. The van der Waals surface area contributed by atoms with E-state index in [1.165, 1.54) is 11.3 Å². The third kappa shape index (κ3) is 3.83.